The van der Waals surface area contributed by atoms with Crippen molar-refractivity contribution in [3.63, 3.8) is 0 Å². The number of likely N-dealkylation sites (tertiary alicyclic amines) is 1. The lowest BCUT2D eigenvalue weighted by Crippen LogP contribution is -2.35. The first kappa shape index (κ1) is 12.5. The second-order valence-corrected chi connectivity index (χ2v) is 5.48. The van der Waals surface area contributed by atoms with Crippen LogP contribution in [0.1, 0.15) is 29.6 Å². The minimum atomic E-state index is -0.858. The van der Waals surface area contributed by atoms with Crippen molar-refractivity contribution in [1.29, 1.82) is 0 Å². The van der Waals surface area contributed by atoms with E-state index < -0.39 is 5.97 Å². The van der Waals surface area contributed by atoms with Gasteiger partial charge < -0.3 is 10.0 Å². The predicted molar refractivity (Wildman–Crippen MR) is 74.8 cm³/mol. The Morgan fingerprint density at radius 3 is 2.42 bits per heavy atom. The summed E-state index contributed by atoms with van der Waals surface area (Å²) in [6.07, 6.45) is 3.90. The third-order valence-corrected chi connectivity index (χ3v) is 4.30. The van der Waals surface area contributed by atoms with Gasteiger partial charge in [-0.1, -0.05) is 0 Å². The summed E-state index contributed by atoms with van der Waals surface area (Å²) >= 11 is 0. The van der Waals surface area contributed by atoms with Crippen molar-refractivity contribution >= 4 is 11.7 Å². The van der Waals surface area contributed by atoms with Crippen molar-refractivity contribution in [1.82, 2.24) is 4.90 Å². The number of carbonyl (C=O) groups is 1. The molecule has 0 saturated carbocycles. The van der Waals surface area contributed by atoms with Crippen LogP contribution in [0.2, 0.25) is 0 Å². The van der Waals surface area contributed by atoms with E-state index in [2.05, 4.69) is 9.80 Å². The molecular weight excluding hydrogens is 240 g/mol. The SMILES string of the molecule is O=C(O)c1ccc(N2CCC(N3CCCC3)C2)cc1. The highest BCUT2D eigenvalue weighted by atomic mass is 16.4. The molecule has 19 heavy (non-hydrogen) atoms. The third kappa shape index (κ3) is 2.59. The van der Waals surface area contributed by atoms with Crippen LogP contribution in [0.3, 0.4) is 0 Å². The molecule has 4 heteroatoms. The van der Waals surface area contributed by atoms with Crippen molar-refractivity contribution in [3.8, 4) is 0 Å². The fourth-order valence-corrected chi connectivity index (χ4v) is 3.20. The molecule has 2 aliphatic heterocycles. The van der Waals surface area contributed by atoms with Crippen LogP contribution < -0.4 is 4.90 Å². The molecule has 2 aliphatic rings. The standard InChI is InChI=1S/C15H20N2O2/c18-15(19)12-3-5-13(6-4-12)17-10-7-14(11-17)16-8-1-2-9-16/h3-6,14H,1-2,7-11H2,(H,18,19). The van der Waals surface area contributed by atoms with Gasteiger partial charge >= 0.3 is 5.97 Å². The van der Waals surface area contributed by atoms with E-state index in [1.54, 1.807) is 12.1 Å². The molecule has 1 aromatic carbocycles. The van der Waals surface area contributed by atoms with Crippen molar-refractivity contribution in [2.24, 2.45) is 0 Å². The van der Waals surface area contributed by atoms with Gasteiger partial charge in [0.05, 0.1) is 5.56 Å². The topological polar surface area (TPSA) is 43.8 Å². The highest BCUT2D eigenvalue weighted by Gasteiger charge is 2.29. The number of hydrogen-bond acceptors (Lipinski definition) is 3. The molecule has 0 radical (unpaired) electrons. The molecule has 1 atom stereocenters. The third-order valence-electron chi connectivity index (χ3n) is 4.30. The van der Waals surface area contributed by atoms with E-state index in [1.165, 1.54) is 32.4 Å². The minimum Gasteiger partial charge on any atom is -0.478 e. The number of carboxylic acid groups (broad SMARTS) is 1. The van der Waals surface area contributed by atoms with Gasteiger partial charge in [0.2, 0.25) is 0 Å². The summed E-state index contributed by atoms with van der Waals surface area (Å²) < 4.78 is 0. The van der Waals surface area contributed by atoms with Crippen molar-refractivity contribution in [2.45, 2.75) is 25.3 Å². The molecule has 1 aromatic rings. The molecule has 2 heterocycles. The molecular formula is C15H20N2O2. The van der Waals surface area contributed by atoms with Gasteiger partial charge in [-0.3, -0.25) is 4.90 Å². The van der Waals surface area contributed by atoms with E-state index in [9.17, 15) is 4.79 Å². The molecule has 3 rings (SSSR count). The van der Waals surface area contributed by atoms with Gasteiger partial charge in [0, 0.05) is 24.8 Å². The summed E-state index contributed by atoms with van der Waals surface area (Å²) in [5.41, 5.74) is 1.51. The van der Waals surface area contributed by atoms with E-state index in [0.717, 1.165) is 18.8 Å². The summed E-state index contributed by atoms with van der Waals surface area (Å²) in [7, 11) is 0. The Balaban J connectivity index is 1.65. The molecule has 102 valence electrons. The first-order chi connectivity index (χ1) is 9.24. The minimum absolute atomic E-state index is 0.360. The van der Waals surface area contributed by atoms with Gasteiger partial charge in [-0.15, -0.1) is 0 Å². The summed E-state index contributed by atoms with van der Waals surface area (Å²) in [6.45, 7) is 4.65. The van der Waals surface area contributed by atoms with E-state index in [1.807, 2.05) is 12.1 Å². The number of hydrogen-bond donors (Lipinski definition) is 1. The average molecular weight is 260 g/mol. The number of aromatic carboxylic acids is 1. The quantitative estimate of drug-likeness (QED) is 0.903. The summed E-state index contributed by atoms with van der Waals surface area (Å²) in [5.74, 6) is -0.858. The van der Waals surface area contributed by atoms with Crippen LogP contribution in [0.15, 0.2) is 24.3 Å². The Kier molecular flexibility index (Phi) is 3.42. The predicted octanol–water partition coefficient (Wildman–Crippen LogP) is 2.06. The number of nitrogens with zero attached hydrogens (tertiary/aromatic N) is 2. The maximum atomic E-state index is 10.8. The monoisotopic (exact) mass is 260 g/mol. The normalized spacial score (nSPS) is 24.0. The van der Waals surface area contributed by atoms with Crippen molar-refractivity contribution < 1.29 is 9.90 Å². The number of rotatable bonds is 3. The summed E-state index contributed by atoms with van der Waals surface area (Å²) in [6, 6.07) is 7.93. The van der Waals surface area contributed by atoms with Gasteiger partial charge in [0.15, 0.2) is 0 Å². The highest BCUT2D eigenvalue weighted by molar-refractivity contribution is 5.88. The second-order valence-electron chi connectivity index (χ2n) is 5.48. The average Bonchev–Trinajstić information content (AvgIpc) is 3.10. The molecule has 2 saturated heterocycles. The molecule has 4 nitrogen and oxygen atoms in total. The lowest BCUT2D eigenvalue weighted by molar-refractivity contribution is 0.0697. The van der Waals surface area contributed by atoms with Crippen molar-refractivity contribution in [2.75, 3.05) is 31.1 Å². The van der Waals surface area contributed by atoms with Gasteiger partial charge in [0.1, 0.15) is 0 Å². The largest absolute Gasteiger partial charge is 0.478 e. The van der Waals surface area contributed by atoms with Crippen LogP contribution in [0.5, 0.6) is 0 Å². The second kappa shape index (κ2) is 5.21. The van der Waals surface area contributed by atoms with E-state index in [4.69, 9.17) is 5.11 Å². The Morgan fingerprint density at radius 1 is 1.11 bits per heavy atom. The maximum Gasteiger partial charge on any atom is 0.335 e. The van der Waals surface area contributed by atoms with Crippen LogP contribution >= 0.6 is 0 Å². The Bertz CT molecular complexity index is 452. The number of benzene rings is 1. The Hall–Kier alpha value is -1.55. The van der Waals surface area contributed by atoms with Gasteiger partial charge in [0.25, 0.3) is 0 Å². The first-order valence-corrected chi connectivity index (χ1v) is 7.06. The highest BCUT2D eigenvalue weighted by Crippen LogP contribution is 2.25. The fourth-order valence-electron chi connectivity index (χ4n) is 3.20. The molecule has 2 fully saturated rings. The van der Waals surface area contributed by atoms with Crippen LogP contribution in [0, 0.1) is 0 Å². The smallest absolute Gasteiger partial charge is 0.335 e. The molecule has 1 unspecified atom stereocenters. The zero-order valence-electron chi connectivity index (χ0n) is 11.1. The van der Waals surface area contributed by atoms with E-state index >= 15 is 0 Å². The van der Waals surface area contributed by atoms with Crippen LogP contribution in [-0.2, 0) is 0 Å². The van der Waals surface area contributed by atoms with Gasteiger partial charge in [-0.2, -0.15) is 0 Å². The fraction of sp³-hybridized carbons (Fsp3) is 0.533. The number of anilines is 1. The van der Waals surface area contributed by atoms with E-state index in [0.29, 0.717) is 11.6 Å². The van der Waals surface area contributed by atoms with Crippen LogP contribution in [-0.4, -0.2) is 48.2 Å². The molecule has 0 bridgehead atoms. The van der Waals surface area contributed by atoms with Crippen LogP contribution in [0.4, 0.5) is 5.69 Å². The zero-order chi connectivity index (χ0) is 13.2. The van der Waals surface area contributed by atoms with Gasteiger partial charge in [-0.05, 0) is 56.6 Å². The molecule has 0 aromatic heterocycles. The Labute approximate surface area is 113 Å². The summed E-state index contributed by atoms with van der Waals surface area (Å²) in [5, 5.41) is 8.91. The van der Waals surface area contributed by atoms with Gasteiger partial charge in [-0.25, -0.2) is 4.79 Å². The zero-order valence-corrected chi connectivity index (χ0v) is 11.1. The maximum absolute atomic E-state index is 10.8. The summed E-state index contributed by atoms with van der Waals surface area (Å²) in [4.78, 5) is 15.8. The number of carboxylic acids is 1. The molecule has 0 spiro atoms. The molecule has 1 N–H and O–H groups in total. The lowest BCUT2D eigenvalue weighted by Gasteiger charge is -2.24. The molecule has 0 aliphatic carbocycles. The van der Waals surface area contributed by atoms with Crippen LogP contribution in [0.25, 0.3) is 0 Å². The Morgan fingerprint density at radius 2 is 1.79 bits per heavy atom. The lowest BCUT2D eigenvalue weighted by atomic mass is 10.2. The first-order valence-electron chi connectivity index (χ1n) is 7.06. The molecule has 0 amide bonds. The van der Waals surface area contributed by atoms with E-state index in [-0.39, 0.29) is 0 Å². The van der Waals surface area contributed by atoms with Crippen molar-refractivity contribution in [3.05, 3.63) is 29.8 Å².